The van der Waals surface area contributed by atoms with Crippen LogP contribution in [0, 0.1) is 11.3 Å². The number of halogens is 3. The van der Waals surface area contributed by atoms with E-state index in [1.807, 2.05) is 26.0 Å². The third-order valence-corrected chi connectivity index (χ3v) is 7.57. The molecule has 1 amide bonds. The van der Waals surface area contributed by atoms with E-state index in [0.717, 1.165) is 54.7 Å². The van der Waals surface area contributed by atoms with Crippen LogP contribution in [0.4, 0.5) is 24.5 Å². The summed E-state index contributed by atoms with van der Waals surface area (Å²) in [5, 5.41) is 12.5. The van der Waals surface area contributed by atoms with Gasteiger partial charge in [-0.2, -0.15) is 18.4 Å². The molecule has 1 N–H and O–H groups in total. The van der Waals surface area contributed by atoms with Gasteiger partial charge in [-0.15, -0.1) is 0 Å². The van der Waals surface area contributed by atoms with Crippen molar-refractivity contribution in [2.75, 3.05) is 42.6 Å². The number of hydrogen-bond donors (Lipinski definition) is 1. The smallest absolute Gasteiger partial charge is 0.419 e. The van der Waals surface area contributed by atoms with Crippen LogP contribution in [-0.2, 0) is 11.0 Å². The molecule has 2 saturated heterocycles. The Bertz CT molecular complexity index is 1340. The average Bonchev–Trinajstić information content (AvgIpc) is 3.06. The van der Waals surface area contributed by atoms with E-state index < -0.39 is 28.9 Å². The summed E-state index contributed by atoms with van der Waals surface area (Å²) in [7, 11) is 0. The quantitative estimate of drug-likeness (QED) is 0.477. The molecule has 0 bridgehead atoms. The summed E-state index contributed by atoms with van der Waals surface area (Å²) >= 11 is 5.66. The van der Waals surface area contributed by atoms with Crippen LogP contribution in [0.1, 0.15) is 57.4 Å². The van der Waals surface area contributed by atoms with Gasteiger partial charge in [0.25, 0.3) is 5.91 Å². The normalized spacial score (nSPS) is 19.9. The van der Waals surface area contributed by atoms with Crippen molar-refractivity contribution < 1.29 is 22.7 Å². The first-order valence-electron chi connectivity index (χ1n) is 13.1. The number of rotatable bonds is 7. The number of ether oxygens (including phenoxy) is 1. The molecule has 40 heavy (non-hydrogen) atoms. The van der Waals surface area contributed by atoms with Gasteiger partial charge in [0.05, 0.1) is 17.4 Å². The molecular formula is C28H33F3N6O2S. The minimum atomic E-state index is -4.82. The summed E-state index contributed by atoms with van der Waals surface area (Å²) in [6.45, 7) is 13.8. The predicted molar refractivity (Wildman–Crippen MR) is 151 cm³/mol. The number of aromatic nitrogens is 1. The number of nitriles is 1. The fourth-order valence-electron chi connectivity index (χ4n) is 5.09. The third-order valence-electron chi connectivity index (χ3n) is 7.20. The molecule has 0 saturated carbocycles. The number of carbonyl (C=O) groups excluding carboxylic acids is 1. The van der Waals surface area contributed by atoms with Crippen LogP contribution in [0.25, 0.3) is 0 Å². The van der Waals surface area contributed by atoms with Gasteiger partial charge < -0.3 is 15.0 Å². The number of hydrogen-bond acceptors (Lipinski definition) is 7. The zero-order valence-corrected chi connectivity index (χ0v) is 24.0. The molecule has 4 rings (SSSR count). The van der Waals surface area contributed by atoms with E-state index >= 15 is 0 Å². The molecule has 2 aliphatic heterocycles. The van der Waals surface area contributed by atoms with Gasteiger partial charge in [0.2, 0.25) is 0 Å². The Balaban J connectivity index is 1.61. The van der Waals surface area contributed by atoms with E-state index in [4.69, 9.17) is 22.2 Å². The van der Waals surface area contributed by atoms with Gasteiger partial charge in [0, 0.05) is 37.9 Å². The van der Waals surface area contributed by atoms with Crippen molar-refractivity contribution >= 4 is 34.6 Å². The molecule has 1 aromatic heterocycles. The van der Waals surface area contributed by atoms with Crippen LogP contribution in [0.5, 0.6) is 5.75 Å². The first-order valence-corrected chi connectivity index (χ1v) is 13.5. The molecule has 214 valence electrons. The average molecular weight is 575 g/mol. The highest BCUT2D eigenvalue weighted by atomic mass is 32.1. The second kappa shape index (κ2) is 11.3. The van der Waals surface area contributed by atoms with Gasteiger partial charge in [-0.1, -0.05) is 13.8 Å². The van der Waals surface area contributed by atoms with Crippen LogP contribution >= 0.6 is 12.2 Å². The third kappa shape index (κ3) is 5.77. The SMILES string of the molecule is CC(C)c1cc(N2C(=S)N(c3cnc(C#N)c(C(F)(F)F)c3)C(=O)C2(C)C)ccc1OCCN1CCN[C@H](C)C1. The molecule has 0 radical (unpaired) electrons. The lowest BCUT2D eigenvalue weighted by Crippen LogP contribution is -2.50. The Labute approximate surface area is 237 Å². The second-order valence-corrected chi connectivity index (χ2v) is 11.3. The lowest BCUT2D eigenvalue weighted by Gasteiger charge is -2.32. The van der Waals surface area contributed by atoms with E-state index in [9.17, 15) is 18.0 Å². The first-order chi connectivity index (χ1) is 18.8. The van der Waals surface area contributed by atoms with Gasteiger partial charge >= 0.3 is 6.18 Å². The molecule has 2 aliphatic rings. The van der Waals surface area contributed by atoms with Crippen molar-refractivity contribution in [1.29, 1.82) is 5.26 Å². The minimum absolute atomic E-state index is 0.0193. The highest BCUT2D eigenvalue weighted by Gasteiger charge is 2.51. The van der Waals surface area contributed by atoms with Crippen LogP contribution in [0.2, 0.25) is 0 Å². The molecule has 8 nitrogen and oxygen atoms in total. The number of nitrogens with one attached hydrogen (secondary N) is 1. The summed E-state index contributed by atoms with van der Waals surface area (Å²) < 4.78 is 47.0. The summed E-state index contributed by atoms with van der Waals surface area (Å²) in [6.07, 6.45) is -3.76. The number of nitrogens with zero attached hydrogens (tertiary/aromatic N) is 5. The summed E-state index contributed by atoms with van der Waals surface area (Å²) in [5.74, 6) is 0.324. The first kappa shape index (κ1) is 29.7. The maximum atomic E-state index is 13.6. The van der Waals surface area contributed by atoms with Crippen molar-refractivity contribution in [2.24, 2.45) is 0 Å². The zero-order chi connectivity index (χ0) is 29.4. The number of alkyl halides is 3. The van der Waals surface area contributed by atoms with Crippen molar-refractivity contribution in [3.05, 3.63) is 47.3 Å². The predicted octanol–water partition coefficient (Wildman–Crippen LogP) is 4.68. The number of thiocarbonyl (C=S) groups is 1. The van der Waals surface area contributed by atoms with Crippen LogP contribution in [0.15, 0.2) is 30.5 Å². The van der Waals surface area contributed by atoms with E-state index in [2.05, 4.69) is 22.1 Å². The fourth-order valence-corrected chi connectivity index (χ4v) is 5.62. The molecule has 2 aromatic rings. The monoisotopic (exact) mass is 574 g/mol. The van der Waals surface area contributed by atoms with Gasteiger partial charge in [-0.25, -0.2) is 4.98 Å². The number of piperazine rings is 1. The van der Waals surface area contributed by atoms with E-state index in [1.54, 1.807) is 24.8 Å². The van der Waals surface area contributed by atoms with Gasteiger partial charge in [0.1, 0.15) is 24.0 Å². The Morgan fingerprint density at radius 3 is 2.62 bits per heavy atom. The Kier molecular flexibility index (Phi) is 8.40. The second-order valence-electron chi connectivity index (χ2n) is 10.9. The Morgan fingerprint density at radius 1 is 1.27 bits per heavy atom. The highest BCUT2D eigenvalue weighted by molar-refractivity contribution is 7.81. The summed E-state index contributed by atoms with van der Waals surface area (Å²) in [6, 6.07) is 8.20. The molecule has 0 spiro atoms. The zero-order valence-electron chi connectivity index (χ0n) is 23.2. The van der Waals surface area contributed by atoms with E-state index in [-0.39, 0.29) is 16.7 Å². The lowest BCUT2D eigenvalue weighted by molar-refractivity contribution is -0.138. The maximum absolute atomic E-state index is 13.6. The van der Waals surface area contributed by atoms with Gasteiger partial charge in [-0.05, 0) is 68.7 Å². The molecule has 0 unspecified atom stereocenters. The molecule has 1 atom stereocenters. The highest BCUT2D eigenvalue weighted by Crippen LogP contribution is 2.41. The molecule has 0 aliphatic carbocycles. The summed E-state index contributed by atoms with van der Waals surface area (Å²) in [5.41, 5.74) is -1.79. The Morgan fingerprint density at radius 2 is 2.00 bits per heavy atom. The number of carbonyl (C=O) groups is 1. The number of anilines is 2. The summed E-state index contributed by atoms with van der Waals surface area (Å²) in [4.78, 5) is 22.2. The molecule has 3 heterocycles. The maximum Gasteiger partial charge on any atom is 0.419 e. The Hall–Kier alpha value is -3.27. The van der Waals surface area contributed by atoms with Crippen molar-refractivity contribution in [1.82, 2.24) is 15.2 Å². The van der Waals surface area contributed by atoms with E-state index in [0.29, 0.717) is 18.3 Å². The molecular weight excluding hydrogens is 541 g/mol. The lowest BCUT2D eigenvalue weighted by atomic mass is 9.98. The van der Waals surface area contributed by atoms with Crippen LogP contribution in [-0.4, -0.2) is 65.3 Å². The largest absolute Gasteiger partial charge is 0.492 e. The van der Waals surface area contributed by atoms with Crippen LogP contribution in [0.3, 0.4) is 0 Å². The van der Waals surface area contributed by atoms with Crippen molar-refractivity contribution in [3.63, 3.8) is 0 Å². The van der Waals surface area contributed by atoms with E-state index in [1.165, 1.54) is 6.07 Å². The number of amides is 1. The molecule has 12 heteroatoms. The van der Waals surface area contributed by atoms with Gasteiger partial charge in [0.15, 0.2) is 10.8 Å². The number of benzene rings is 1. The fraction of sp³-hybridized carbons (Fsp3) is 0.500. The van der Waals surface area contributed by atoms with Crippen molar-refractivity contribution in [2.45, 2.75) is 58.3 Å². The topological polar surface area (TPSA) is 84.7 Å². The standard InChI is InChI=1S/C28H33F3N6O2S/c1-17(2)21-12-19(6-7-24(21)39-11-10-35-9-8-33-18(3)16-35)37-26(40)36(25(38)27(37,4)5)20-13-22(28(29,30)31)23(14-32)34-15-20/h6-7,12-13,15,17-18,33H,8-11,16H2,1-5H3/t18-/m1/s1. The van der Waals surface area contributed by atoms with Crippen LogP contribution < -0.4 is 19.9 Å². The van der Waals surface area contributed by atoms with Crippen molar-refractivity contribution in [3.8, 4) is 11.8 Å². The molecule has 2 fully saturated rings. The molecule has 1 aromatic carbocycles. The number of pyridine rings is 1. The van der Waals surface area contributed by atoms with Gasteiger partial charge in [-0.3, -0.25) is 14.6 Å². The minimum Gasteiger partial charge on any atom is -0.492 e.